The number of hydrogen-bond donors (Lipinski definition) is 2. The zero-order valence-electron chi connectivity index (χ0n) is 17.0. The molecule has 0 saturated heterocycles. The van der Waals surface area contributed by atoms with Gasteiger partial charge in [-0.05, 0) is 43.7 Å². The average molecular weight is 499 g/mol. The van der Waals surface area contributed by atoms with E-state index in [2.05, 4.69) is 22.5 Å². The van der Waals surface area contributed by atoms with E-state index in [1.165, 1.54) is 5.56 Å². The molecule has 0 aliphatic heterocycles. The van der Waals surface area contributed by atoms with E-state index in [4.69, 9.17) is 14.2 Å². The van der Waals surface area contributed by atoms with Gasteiger partial charge in [-0.1, -0.05) is 23.8 Å². The predicted molar refractivity (Wildman–Crippen MR) is 124 cm³/mol. The number of aryl methyl sites for hydroxylation is 1. The quantitative estimate of drug-likeness (QED) is 0.238. The van der Waals surface area contributed by atoms with E-state index in [9.17, 15) is 0 Å². The summed E-state index contributed by atoms with van der Waals surface area (Å²) in [6.45, 7) is 6.44. The van der Waals surface area contributed by atoms with Crippen molar-refractivity contribution < 1.29 is 14.2 Å². The number of methoxy groups -OCH3 is 1. The second-order valence-electron chi connectivity index (χ2n) is 5.93. The minimum absolute atomic E-state index is 0. The zero-order valence-corrected chi connectivity index (χ0v) is 19.3. The lowest BCUT2D eigenvalue weighted by atomic mass is 10.2. The van der Waals surface area contributed by atoms with Crippen molar-refractivity contribution in [1.29, 1.82) is 0 Å². The van der Waals surface area contributed by atoms with Gasteiger partial charge in [-0.2, -0.15) is 0 Å². The van der Waals surface area contributed by atoms with Crippen LogP contribution in [0.25, 0.3) is 0 Å². The number of halogens is 1. The Labute approximate surface area is 184 Å². The number of nitrogens with one attached hydrogen (secondary N) is 2. The summed E-state index contributed by atoms with van der Waals surface area (Å²) in [5.41, 5.74) is 2.30. The lowest BCUT2D eigenvalue weighted by molar-refractivity contribution is 0.310. The van der Waals surface area contributed by atoms with Crippen LogP contribution in [0.1, 0.15) is 18.1 Å². The second-order valence-corrected chi connectivity index (χ2v) is 5.93. The first kappa shape index (κ1) is 23.9. The highest BCUT2D eigenvalue weighted by atomic mass is 127. The third-order valence-corrected chi connectivity index (χ3v) is 3.90. The van der Waals surface area contributed by atoms with Crippen LogP contribution in [-0.2, 0) is 6.54 Å². The maximum atomic E-state index is 5.71. The molecule has 0 bridgehead atoms. The highest BCUT2D eigenvalue weighted by Crippen LogP contribution is 2.27. The molecule has 7 heteroatoms. The molecule has 0 aromatic heterocycles. The Morgan fingerprint density at radius 1 is 1.00 bits per heavy atom. The van der Waals surface area contributed by atoms with Crippen LogP contribution in [0.15, 0.2) is 47.5 Å². The summed E-state index contributed by atoms with van der Waals surface area (Å²) in [7, 11) is 3.38. The largest absolute Gasteiger partial charge is 0.493 e. The Kier molecular flexibility index (Phi) is 11.2. The molecule has 6 nitrogen and oxygen atoms in total. The fourth-order valence-corrected chi connectivity index (χ4v) is 2.48. The molecule has 0 heterocycles. The van der Waals surface area contributed by atoms with Gasteiger partial charge in [0, 0.05) is 13.6 Å². The first-order valence-corrected chi connectivity index (χ1v) is 9.10. The summed E-state index contributed by atoms with van der Waals surface area (Å²) in [5, 5.41) is 6.53. The number of nitrogens with zero attached hydrogens (tertiary/aromatic N) is 1. The Bertz CT molecular complexity index is 736. The average Bonchev–Trinajstić information content (AvgIpc) is 2.69. The molecule has 0 fully saturated rings. The van der Waals surface area contributed by atoms with Crippen LogP contribution < -0.4 is 24.8 Å². The summed E-state index contributed by atoms with van der Waals surface area (Å²) in [5.74, 6) is 3.06. The molecular formula is C21H30IN3O3. The summed E-state index contributed by atoms with van der Waals surface area (Å²) in [6, 6.07) is 13.9. The molecule has 0 atom stereocenters. The van der Waals surface area contributed by atoms with Gasteiger partial charge in [-0.15, -0.1) is 24.0 Å². The predicted octanol–water partition coefficient (Wildman–Crippen LogP) is 3.76. The van der Waals surface area contributed by atoms with Gasteiger partial charge in [0.15, 0.2) is 17.5 Å². The third kappa shape index (κ3) is 7.84. The van der Waals surface area contributed by atoms with Gasteiger partial charge in [-0.25, -0.2) is 0 Å². The van der Waals surface area contributed by atoms with Crippen molar-refractivity contribution in [3.8, 4) is 17.2 Å². The van der Waals surface area contributed by atoms with Crippen molar-refractivity contribution in [1.82, 2.24) is 10.6 Å². The Morgan fingerprint density at radius 3 is 2.39 bits per heavy atom. The molecule has 2 aromatic rings. The topological polar surface area (TPSA) is 64.1 Å². The molecule has 154 valence electrons. The normalized spacial score (nSPS) is 10.6. The van der Waals surface area contributed by atoms with Crippen molar-refractivity contribution >= 4 is 29.9 Å². The summed E-state index contributed by atoms with van der Waals surface area (Å²) in [6.07, 6.45) is 0. The molecule has 0 radical (unpaired) electrons. The van der Waals surface area contributed by atoms with E-state index in [1.54, 1.807) is 14.2 Å². The van der Waals surface area contributed by atoms with Crippen molar-refractivity contribution in [2.75, 3.05) is 33.9 Å². The molecule has 0 amide bonds. The number of guanidine groups is 1. The Hall–Kier alpha value is -2.16. The van der Waals surface area contributed by atoms with E-state index in [0.717, 1.165) is 28.8 Å². The van der Waals surface area contributed by atoms with E-state index in [0.29, 0.717) is 26.3 Å². The summed E-state index contributed by atoms with van der Waals surface area (Å²) in [4.78, 5) is 4.23. The minimum Gasteiger partial charge on any atom is -0.493 e. The number of hydrogen-bond acceptors (Lipinski definition) is 4. The number of aliphatic imine (C=N–C) groups is 1. The lowest BCUT2D eigenvalue weighted by Crippen LogP contribution is -2.38. The fraction of sp³-hybridized carbons (Fsp3) is 0.381. The molecule has 0 aliphatic carbocycles. The summed E-state index contributed by atoms with van der Waals surface area (Å²) < 4.78 is 16.6. The van der Waals surface area contributed by atoms with E-state index in [1.807, 2.05) is 49.4 Å². The number of rotatable bonds is 9. The van der Waals surface area contributed by atoms with E-state index < -0.39 is 0 Å². The van der Waals surface area contributed by atoms with Crippen LogP contribution in [0, 0.1) is 6.92 Å². The zero-order chi connectivity index (χ0) is 19.5. The molecule has 0 spiro atoms. The maximum Gasteiger partial charge on any atom is 0.191 e. The molecule has 0 aliphatic rings. The second kappa shape index (κ2) is 13.1. The molecule has 0 unspecified atom stereocenters. The van der Waals surface area contributed by atoms with Crippen molar-refractivity contribution in [3.63, 3.8) is 0 Å². The van der Waals surface area contributed by atoms with E-state index in [-0.39, 0.29) is 24.0 Å². The van der Waals surface area contributed by atoms with Gasteiger partial charge in [-0.3, -0.25) is 4.99 Å². The van der Waals surface area contributed by atoms with Gasteiger partial charge in [0.25, 0.3) is 0 Å². The Morgan fingerprint density at radius 2 is 1.75 bits per heavy atom. The molecular weight excluding hydrogens is 469 g/mol. The maximum absolute atomic E-state index is 5.71. The van der Waals surface area contributed by atoms with Crippen molar-refractivity contribution in [3.05, 3.63) is 53.6 Å². The molecule has 2 aromatic carbocycles. The van der Waals surface area contributed by atoms with Gasteiger partial charge >= 0.3 is 0 Å². The smallest absolute Gasteiger partial charge is 0.191 e. The van der Waals surface area contributed by atoms with Gasteiger partial charge in [0.05, 0.1) is 20.3 Å². The summed E-state index contributed by atoms with van der Waals surface area (Å²) >= 11 is 0. The highest BCUT2D eigenvalue weighted by molar-refractivity contribution is 14.0. The highest BCUT2D eigenvalue weighted by Gasteiger charge is 2.06. The number of benzene rings is 2. The van der Waals surface area contributed by atoms with Crippen molar-refractivity contribution in [2.45, 2.75) is 20.4 Å². The SMILES string of the molecule is CCOc1cc(CNC(=NC)NCCOc2ccc(C)cc2)ccc1OC.I. The monoisotopic (exact) mass is 499 g/mol. The third-order valence-electron chi connectivity index (χ3n) is 3.90. The first-order chi connectivity index (χ1) is 13.2. The van der Waals surface area contributed by atoms with Crippen LogP contribution in [0.4, 0.5) is 0 Å². The van der Waals surface area contributed by atoms with E-state index >= 15 is 0 Å². The van der Waals surface area contributed by atoms with Crippen LogP contribution in [0.5, 0.6) is 17.2 Å². The standard InChI is InChI=1S/C21H29N3O3.HI/c1-5-26-20-14-17(8-11-19(20)25-4)15-24-21(22-3)23-12-13-27-18-9-6-16(2)7-10-18;/h6-11,14H,5,12-13,15H2,1-4H3,(H2,22,23,24);1H. The minimum atomic E-state index is 0. The first-order valence-electron chi connectivity index (χ1n) is 9.10. The fourth-order valence-electron chi connectivity index (χ4n) is 2.48. The van der Waals surface area contributed by atoms with Crippen LogP contribution in [0.2, 0.25) is 0 Å². The Balaban J connectivity index is 0.00000392. The van der Waals surface area contributed by atoms with Crippen LogP contribution in [-0.4, -0.2) is 39.9 Å². The lowest BCUT2D eigenvalue weighted by Gasteiger charge is -2.14. The molecule has 28 heavy (non-hydrogen) atoms. The van der Waals surface area contributed by atoms with Gasteiger partial charge in [0.1, 0.15) is 12.4 Å². The van der Waals surface area contributed by atoms with Crippen molar-refractivity contribution in [2.24, 2.45) is 4.99 Å². The van der Waals surface area contributed by atoms with Crippen LogP contribution >= 0.6 is 24.0 Å². The molecule has 2 N–H and O–H groups in total. The number of ether oxygens (including phenoxy) is 3. The van der Waals surface area contributed by atoms with Crippen LogP contribution in [0.3, 0.4) is 0 Å². The molecule has 0 saturated carbocycles. The van der Waals surface area contributed by atoms with Gasteiger partial charge in [0.2, 0.25) is 0 Å². The molecule has 2 rings (SSSR count). The van der Waals surface area contributed by atoms with Gasteiger partial charge < -0.3 is 24.8 Å².